The van der Waals surface area contributed by atoms with Crippen molar-refractivity contribution in [3.63, 3.8) is 0 Å². The zero-order valence-corrected chi connectivity index (χ0v) is 18.1. The number of nitrogens with one attached hydrogen (secondary N) is 2. The Morgan fingerprint density at radius 1 is 1.06 bits per heavy atom. The van der Waals surface area contributed by atoms with Crippen molar-refractivity contribution in [2.24, 2.45) is 0 Å². The van der Waals surface area contributed by atoms with Gasteiger partial charge in [-0.25, -0.2) is 10.1 Å². The van der Waals surface area contributed by atoms with E-state index in [0.29, 0.717) is 23.4 Å². The van der Waals surface area contributed by atoms with Crippen LogP contribution in [-0.2, 0) is 0 Å². The van der Waals surface area contributed by atoms with Crippen LogP contribution >= 0.6 is 0 Å². The third-order valence-corrected chi connectivity index (χ3v) is 6.67. The molecule has 1 saturated carbocycles. The first-order valence-corrected chi connectivity index (χ1v) is 11.4. The molecule has 5 rings (SSSR count). The van der Waals surface area contributed by atoms with E-state index in [-0.39, 0.29) is 5.92 Å². The molecule has 164 valence electrons. The monoisotopic (exact) mass is 427 g/mol. The first-order valence-electron chi connectivity index (χ1n) is 11.4. The first kappa shape index (κ1) is 20.6. The molecular weight excluding hydrogens is 398 g/mol. The molecule has 4 N–H and O–H groups in total. The fourth-order valence-corrected chi connectivity index (χ4v) is 5.02. The van der Waals surface area contributed by atoms with Gasteiger partial charge in [-0.15, -0.1) is 5.10 Å². The number of pyridine rings is 2. The minimum atomic E-state index is 0.120. The zero-order valence-electron chi connectivity index (χ0n) is 18.1. The van der Waals surface area contributed by atoms with Gasteiger partial charge in [-0.2, -0.15) is 0 Å². The van der Waals surface area contributed by atoms with E-state index in [0.717, 1.165) is 29.6 Å². The van der Waals surface area contributed by atoms with Crippen molar-refractivity contribution in [3.05, 3.63) is 77.6 Å². The SMILES string of the molecule is Nc1cc(C(CCN[C@H]2CC[C@H](c3ccccc3)CC2)c2cccnc2)c2nn[nH]c2n1. The summed E-state index contributed by atoms with van der Waals surface area (Å²) in [6, 6.07) is 17.5. The standard InChI is InChI=1S/C25H29N7/c26-23-15-22(24-25(29-23)31-32-30-24)21(19-7-4-13-27-16-19)12-14-28-20-10-8-18(9-11-20)17-5-2-1-3-6-17/h1-7,13,15-16,18,20-21,28H,8-12,14H2,(H3,26,29,30,31,32)/t18-,20-,21?. The Labute approximate surface area is 187 Å². The van der Waals surface area contributed by atoms with Crippen LogP contribution < -0.4 is 11.1 Å². The molecule has 32 heavy (non-hydrogen) atoms. The van der Waals surface area contributed by atoms with Crippen LogP contribution in [0.2, 0.25) is 0 Å². The number of rotatable bonds is 7. The summed E-state index contributed by atoms with van der Waals surface area (Å²) < 4.78 is 0. The Hall–Kier alpha value is -3.32. The second-order valence-electron chi connectivity index (χ2n) is 8.69. The summed E-state index contributed by atoms with van der Waals surface area (Å²) in [5, 5.41) is 14.9. The summed E-state index contributed by atoms with van der Waals surface area (Å²) in [5.41, 5.74) is 11.2. The molecule has 0 bridgehead atoms. The maximum absolute atomic E-state index is 6.09. The van der Waals surface area contributed by atoms with Crippen LogP contribution in [0.3, 0.4) is 0 Å². The van der Waals surface area contributed by atoms with E-state index in [1.807, 2.05) is 18.3 Å². The maximum atomic E-state index is 6.09. The van der Waals surface area contributed by atoms with E-state index in [2.05, 4.69) is 67.1 Å². The molecule has 1 aliphatic carbocycles. The van der Waals surface area contributed by atoms with Crippen molar-refractivity contribution in [3.8, 4) is 0 Å². The number of hydrogen-bond donors (Lipinski definition) is 3. The third kappa shape index (κ3) is 4.48. The fourth-order valence-electron chi connectivity index (χ4n) is 5.02. The molecule has 7 heteroatoms. The third-order valence-electron chi connectivity index (χ3n) is 6.67. The number of aromatic nitrogens is 5. The van der Waals surface area contributed by atoms with Gasteiger partial charge in [0.2, 0.25) is 0 Å². The molecule has 1 atom stereocenters. The lowest BCUT2D eigenvalue weighted by molar-refractivity contribution is 0.340. The molecule has 0 saturated heterocycles. The molecule has 7 nitrogen and oxygen atoms in total. The predicted octanol–water partition coefficient (Wildman–Crippen LogP) is 4.17. The molecule has 3 heterocycles. The van der Waals surface area contributed by atoms with Crippen molar-refractivity contribution in [2.75, 3.05) is 12.3 Å². The first-order chi connectivity index (χ1) is 15.8. The zero-order chi connectivity index (χ0) is 21.8. The number of hydrogen-bond acceptors (Lipinski definition) is 6. The normalized spacial score (nSPS) is 19.8. The van der Waals surface area contributed by atoms with Gasteiger partial charge in [0.1, 0.15) is 11.3 Å². The molecule has 0 aliphatic heterocycles. The van der Waals surface area contributed by atoms with Crippen molar-refractivity contribution in [1.82, 2.24) is 30.7 Å². The smallest absolute Gasteiger partial charge is 0.178 e. The molecule has 1 aromatic carbocycles. The summed E-state index contributed by atoms with van der Waals surface area (Å²) in [5.74, 6) is 1.28. The molecular formula is C25H29N7. The lowest BCUT2D eigenvalue weighted by atomic mass is 9.81. The Morgan fingerprint density at radius 3 is 2.69 bits per heavy atom. The van der Waals surface area contributed by atoms with Crippen LogP contribution in [0, 0.1) is 0 Å². The van der Waals surface area contributed by atoms with Crippen molar-refractivity contribution in [2.45, 2.75) is 50.0 Å². The van der Waals surface area contributed by atoms with E-state index >= 15 is 0 Å². The highest BCUT2D eigenvalue weighted by atomic mass is 15.3. The maximum Gasteiger partial charge on any atom is 0.178 e. The highest BCUT2D eigenvalue weighted by Gasteiger charge is 2.24. The van der Waals surface area contributed by atoms with Crippen LogP contribution in [0.25, 0.3) is 11.2 Å². The van der Waals surface area contributed by atoms with Crippen molar-refractivity contribution >= 4 is 17.0 Å². The average molecular weight is 428 g/mol. The van der Waals surface area contributed by atoms with Crippen LogP contribution in [0.5, 0.6) is 0 Å². The molecule has 1 unspecified atom stereocenters. The van der Waals surface area contributed by atoms with E-state index in [4.69, 9.17) is 5.73 Å². The Balaban J connectivity index is 1.26. The quantitative estimate of drug-likeness (QED) is 0.409. The number of nitrogen functional groups attached to an aromatic ring is 1. The Morgan fingerprint density at radius 2 is 1.91 bits per heavy atom. The van der Waals surface area contributed by atoms with Gasteiger partial charge in [0, 0.05) is 24.4 Å². The van der Waals surface area contributed by atoms with Gasteiger partial charge < -0.3 is 11.1 Å². The molecule has 4 aromatic rings. The number of nitrogens with zero attached hydrogens (tertiary/aromatic N) is 4. The lowest BCUT2D eigenvalue weighted by Gasteiger charge is -2.30. The number of aromatic amines is 1. The lowest BCUT2D eigenvalue weighted by Crippen LogP contribution is -2.34. The Kier molecular flexibility index (Phi) is 6.07. The minimum absolute atomic E-state index is 0.120. The fraction of sp³-hybridized carbons (Fsp3) is 0.360. The van der Waals surface area contributed by atoms with Crippen LogP contribution in [0.15, 0.2) is 60.9 Å². The van der Waals surface area contributed by atoms with Crippen LogP contribution in [0.4, 0.5) is 5.82 Å². The minimum Gasteiger partial charge on any atom is -0.384 e. The average Bonchev–Trinajstić information content (AvgIpc) is 3.31. The van der Waals surface area contributed by atoms with Gasteiger partial charge in [-0.05, 0) is 73.4 Å². The summed E-state index contributed by atoms with van der Waals surface area (Å²) >= 11 is 0. The van der Waals surface area contributed by atoms with E-state index in [1.165, 1.54) is 31.2 Å². The largest absolute Gasteiger partial charge is 0.384 e. The van der Waals surface area contributed by atoms with Gasteiger partial charge >= 0.3 is 0 Å². The van der Waals surface area contributed by atoms with Crippen molar-refractivity contribution < 1.29 is 0 Å². The number of anilines is 1. The molecule has 0 spiro atoms. The highest BCUT2D eigenvalue weighted by Crippen LogP contribution is 2.34. The predicted molar refractivity (Wildman–Crippen MR) is 126 cm³/mol. The molecule has 1 aliphatic rings. The summed E-state index contributed by atoms with van der Waals surface area (Å²) in [6.07, 6.45) is 9.58. The molecule has 0 amide bonds. The summed E-state index contributed by atoms with van der Waals surface area (Å²) in [6.45, 7) is 0.918. The van der Waals surface area contributed by atoms with Gasteiger partial charge in [-0.3, -0.25) is 4.98 Å². The number of benzene rings is 1. The molecule has 1 fully saturated rings. The van der Waals surface area contributed by atoms with E-state index in [1.54, 1.807) is 6.20 Å². The van der Waals surface area contributed by atoms with Gasteiger partial charge in [0.15, 0.2) is 5.65 Å². The number of H-pyrrole nitrogens is 1. The van der Waals surface area contributed by atoms with Gasteiger partial charge in [-0.1, -0.05) is 41.6 Å². The van der Waals surface area contributed by atoms with Gasteiger partial charge in [0.25, 0.3) is 0 Å². The number of fused-ring (bicyclic) bond motifs is 1. The second-order valence-corrected chi connectivity index (χ2v) is 8.69. The van der Waals surface area contributed by atoms with Crippen LogP contribution in [0.1, 0.15) is 60.6 Å². The summed E-state index contributed by atoms with van der Waals surface area (Å²) in [7, 11) is 0. The van der Waals surface area contributed by atoms with E-state index < -0.39 is 0 Å². The van der Waals surface area contributed by atoms with Crippen LogP contribution in [-0.4, -0.2) is 38.0 Å². The van der Waals surface area contributed by atoms with Gasteiger partial charge in [0.05, 0.1) is 0 Å². The molecule has 0 radical (unpaired) electrons. The Bertz CT molecular complexity index is 1130. The van der Waals surface area contributed by atoms with Crippen molar-refractivity contribution in [1.29, 1.82) is 0 Å². The van der Waals surface area contributed by atoms with E-state index in [9.17, 15) is 0 Å². The number of nitrogens with two attached hydrogens (primary N) is 1. The second kappa shape index (κ2) is 9.44. The summed E-state index contributed by atoms with van der Waals surface area (Å²) in [4.78, 5) is 8.67. The highest BCUT2D eigenvalue weighted by molar-refractivity contribution is 5.77. The topological polar surface area (TPSA) is 105 Å². The molecule has 3 aromatic heterocycles.